The highest BCUT2D eigenvalue weighted by atomic mass is 19.1. The molecule has 0 heterocycles. The zero-order chi connectivity index (χ0) is 15.7. The van der Waals surface area contributed by atoms with E-state index >= 15 is 0 Å². The Balaban J connectivity index is 2.56. The van der Waals surface area contributed by atoms with E-state index in [-0.39, 0.29) is 18.5 Å². The van der Waals surface area contributed by atoms with E-state index in [1.165, 1.54) is 6.07 Å². The predicted molar refractivity (Wildman–Crippen MR) is 80.6 cm³/mol. The smallest absolute Gasteiger partial charge is 0.127 e. The Morgan fingerprint density at radius 3 is 2.62 bits per heavy atom. The molecule has 0 aliphatic carbocycles. The molecule has 0 aliphatic heterocycles. The molecule has 1 aromatic rings. The molecule has 0 aliphatic rings. The van der Waals surface area contributed by atoms with Gasteiger partial charge in [-0.25, -0.2) is 4.39 Å². The van der Waals surface area contributed by atoms with Crippen LogP contribution in [0.4, 0.5) is 4.39 Å². The minimum atomic E-state index is -0.601. The molecule has 120 valence electrons. The Bertz CT molecular complexity index is 401. The molecule has 1 rings (SSSR count). The van der Waals surface area contributed by atoms with Crippen LogP contribution in [0.15, 0.2) is 24.3 Å². The summed E-state index contributed by atoms with van der Waals surface area (Å²) in [5, 5.41) is 10.0. The van der Waals surface area contributed by atoms with E-state index in [1.807, 2.05) is 24.8 Å². The Kier molecular flexibility index (Phi) is 8.45. The van der Waals surface area contributed by atoms with E-state index in [1.54, 1.807) is 19.2 Å². The summed E-state index contributed by atoms with van der Waals surface area (Å²) < 4.78 is 24.2. The highest BCUT2D eigenvalue weighted by Gasteiger charge is 2.14. The fourth-order valence-electron chi connectivity index (χ4n) is 1.98. The van der Waals surface area contributed by atoms with E-state index in [2.05, 4.69) is 0 Å². The molecule has 0 aromatic heterocycles. The van der Waals surface area contributed by atoms with Crippen LogP contribution in [0.25, 0.3) is 0 Å². The second-order valence-corrected chi connectivity index (χ2v) is 5.36. The second-order valence-electron chi connectivity index (χ2n) is 5.36. The molecule has 0 saturated heterocycles. The van der Waals surface area contributed by atoms with E-state index in [9.17, 15) is 9.50 Å². The molecular formula is C16H26FNO3. The lowest BCUT2D eigenvalue weighted by Crippen LogP contribution is -2.37. The van der Waals surface area contributed by atoms with Gasteiger partial charge < -0.3 is 14.6 Å². The van der Waals surface area contributed by atoms with E-state index in [4.69, 9.17) is 9.47 Å². The molecule has 4 nitrogen and oxygen atoms in total. The number of hydrogen-bond acceptors (Lipinski definition) is 4. The van der Waals surface area contributed by atoms with Gasteiger partial charge in [0.1, 0.15) is 5.82 Å². The van der Waals surface area contributed by atoms with Crippen molar-refractivity contribution in [2.24, 2.45) is 0 Å². The third-order valence-corrected chi connectivity index (χ3v) is 3.05. The van der Waals surface area contributed by atoms with Crippen molar-refractivity contribution in [1.82, 2.24) is 4.90 Å². The van der Waals surface area contributed by atoms with Gasteiger partial charge in [-0.15, -0.1) is 0 Å². The maximum atomic E-state index is 13.7. The molecule has 0 unspecified atom stereocenters. The fraction of sp³-hybridized carbons (Fsp3) is 0.625. The Labute approximate surface area is 126 Å². The summed E-state index contributed by atoms with van der Waals surface area (Å²) in [5.41, 5.74) is 0.616. The van der Waals surface area contributed by atoms with Gasteiger partial charge in [-0.05, 0) is 19.9 Å². The van der Waals surface area contributed by atoms with Crippen LogP contribution in [-0.2, 0) is 16.0 Å². The summed E-state index contributed by atoms with van der Waals surface area (Å²) in [6, 6.07) is 6.68. The topological polar surface area (TPSA) is 41.9 Å². The van der Waals surface area contributed by atoms with Crippen LogP contribution in [0, 0.1) is 5.82 Å². The van der Waals surface area contributed by atoms with Crippen LogP contribution >= 0.6 is 0 Å². The zero-order valence-corrected chi connectivity index (χ0v) is 13.1. The minimum absolute atomic E-state index is 0.0821. The number of aliphatic hydroxyl groups is 1. The van der Waals surface area contributed by atoms with Gasteiger partial charge in [0.15, 0.2) is 0 Å². The molecule has 0 spiro atoms. The van der Waals surface area contributed by atoms with E-state index in [0.29, 0.717) is 31.8 Å². The number of benzene rings is 1. The number of ether oxygens (including phenoxy) is 2. The molecule has 1 atom stereocenters. The first-order chi connectivity index (χ1) is 10.0. The third-order valence-electron chi connectivity index (χ3n) is 3.05. The minimum Gasteiger partial charge on any atom is -0.389 e. The van der Waals surface area contributed by atoms with Crippen molar-refractivity contribution in [1.29, 1.82) is 0 Å². The largest absolute Gasteiger partial charge is 0.389 e. The molecular weight excluding hydrogens is 273 g/mol. The first-order valence-corrected chi connectivity index (χ1v) is 7.27. The molecule has 0 bridgehead atoms. The number of nitrogens with zero attached hydrogens (tertiary/aromatic N) is 1. The van der Waals surface area contributed by atoms with Crippen molar-refractivity contribution in [2.75, 3.05) is 33.4 Å². The lowest BCUT2D eigenvalue weighted by molar-refractivity contribution is -0.0122. The fourth-order valence-corrected chi connectivity index (χ4v) is 1.98. The monoisotopic (exact) mass is 299 g/mol. The maximum absolute atomic E-state index is 13.7. The quantitative estimate of drug-likeness (QED) is 0.718. The molecule has 1 aromatic carbocycles. The van der Waals surface area contributed by atoms with Crippen LogP contribution in [-0.4, -0.2) is 55.6 Å². The highest BCUT2D eigenvalue weighted by Crippen LogP contribution is 2.10. The van der Waals surface area contributed by atoms with Crippen molar-refractivity contribution >= 4 is 0 Å². The van der Waals surface area contributed by atoms with Crippen molar-refractivity contribution in [3.8, 4) is 0 Å². The van der Waals surface area contributed by atoms with Crippen molar-refractivity contribution in [3.63, 3.8) is 0 Å². The number of rotatable bonds is 10. The van der Waals surface area contributed by atoms with Crippen LogP contribution in [0.5, 0.6) is 0 Å². The average molecular weight is 299 g/mol. The average Bonchev–Trinajstić information content (AvgIpc) is 2.45. The van der Waals surface area contributed by atoms with Crippen molar-refractivity contribution in [2.45, 2.75) is 32.6 Å². The number of hydrogen-bond donors (Lipinski definition) is 1. The molecule has 0 fully saturated rings. The first-order valence-electron chi connectivity index (χ1n) is 7.27. The molecule has 0 radical (unpaired) electrons. The molecule has 5 heteroatoms. The van der Waals surface area contributed by atoms with Gasteiger partial charge in [0.2, 0.25) is 0 Å². The Hall–Kier alpha value is -1.01. The summed E-state index contributed by atoms with van der Waals surface area (Å²) in [5.74, 6) is -0.229. The molecule has 0 amide bonds. The van der Waals surface area contributed by atoms with Gasteiger partial charge in [-0.3, -0.25) is 4.90 Å². The Morgan fingerprint density at radius 2 is 2.00 bits per heavy atom. The summed E-state index contributed by atoms with van der Waals surface area (Å²) in [7, 11) is 1.62. The second kappa shape index (κ2) is 9.84. The lowest BCUT2D eigenvalue weighted by Gasteiger charge is -2.25. The van der Waals surface area contributed by atoms with Gasteiger partial charge in [-0.2, -0.15) is 0 Å². The Morgan fingerprint density at radius 1 is 1.29 bits per heavy atom. The highest BCUT2D eigenvalue weighted by molar-refractivity contribution is 5.17. The zero-order valence-electron chi connectivity index (χ0n) is 13.1. The maximum Gasteiger partial charge on any atom is 0.127 e. The lowest BCUT2D eigenvalue weighted by atomic mass is 10.2. The van der Waals surface area contributed by atoms with E-state index in [0.717, 1.165) is 0 Å². The van der Waals surface area contributed by atoms with Gasteiger partial charge in [-0.1, -0.05) is 18.2 Å². The van der Waals surface area contributed by atoms with Crippen LogP contribution in [0.1, 0.15) is 19.4 Å². The molecule has 21 heavy (non-hydrogen) atoms. The third kappa shape index (κ3) is 7.52. The number of halogens is 1. The summed E-state index contributed by atoms with van der Waals surface area (Å²) in [6.45, 7) is 6.15. The van der Waals surface area contributed by atoms with Crippen molar-refractivity contribution < 1.29 is 19.0 Å². The SMILES string of the molecule is COCCN(Cc1ccccc1F)C[C@@H](O)COC(C)C. The van der Waals surface area contributed by atoms with Crippen LogP contribution in [0.3, 0.4) is 0 Å². The summed E-state index contributed by atoms with van der Waals surface area (Å²) in [6.07, 6.45) is -0.519. The van der Waals surface area contributed by atoms with Crippen molar-refractivity contribution in [3.05, 3.63) is 35.6 Å². The van der Waals surface area contributed by atoms with Crippen LogP contribution < -0.4 is 0 Å². The van der Waals surface area contributed by atoms with Gasteiger partial charge in [0.25, 0.3) is 0 Å². The van der Waals surface area contributed by atoms with Gasteiger partial charge in [0.05, 0.1) is 25.4 Å². The molecule has 0 saturated carbocycles. The van der Waals surface area contributed by atoms with E-state index < -0.39 is 6.10 Å². The number of aliphatic hydroxyl groups excluding tert-OH is 1. The normalized spacial score (nSPS) is 13.1. The first kappa shape index (κ1) is 18.0. The van der Waals surface area contributed by atoms with Gasteiger partial charge in [0, 0.05) is 32.3 Å². The molecule has 1 N–H and O–H groups in total. The number of methoxy groups -OCH3 is 1. The van der Waals surface area contributed by atoms with Crippen LogP contribution in [0.2, 0.25) is 0 Å². The van der Waals surface area contributed by atoms with Gasteiger partial charge >= 0.3 is 0 Å². The summed E-state index contributed by atoms with van der Waals surface area (Å²) in [4.78, 5) is 1.97. The summed E-state index contributed by atoms with van der Waals surface area (Å²) >= 11 is 0. The predicted octanol–water partition coefficient (Wildman–Crippen LogP) is 2.06. The standard InChI is InChI=1S/C16H26FNO3/c1-13(2)21-12-15(19)11-18(8-9-20-3)10-14-6-4-5-7-16(14)17/h4-7,13,15,19H,8-12H2,1-3H3/t15-/m1/s1.